The molecule has 1 aliphatic heterocycles. The second-order valence-electron chi connectivity index (χ2n) is 3.83. The zero-order valence-corrected chi connectivity index (χ0v) is 8.02. The molecule has 0 aromatic rings. The molecule has 0 amide bonds. The maximum atomic E-state index is 4.45. The molecule has 12 heavy (non-hydrogen) atoms. The van der Waals surface area contributed by atoms with Gasteiger partial charge in [0.1, 0.15) is 5.84 Å². The minimum absolute atomic E-state index is 0.0435. The number of nitrogens with zero attached hydrogens (tertiary/aromatic N) is 1. The van der Waals surface area contributed by atoms with E-state index in [0.717, 1.165) is 11.5 Å². The Kier molecular flexibility index (Phi) is 2.23. The van der Waals surface area contributed by atoms with Crippen molar-refractivity contribution in [3.8, 4) is 0 Å². The summed E-state index contributed by atoms with van der Waals surface area (Å²) < 4.78 is 0. The first kappa shape index (κ1) is 8.86. The molecule has 2 heteroatoms. The fourth-order valence-electron chi connectivity index (χ4n) is 0.894. The van der Waals surface area contributed by atoms with Crippen LogP contribution in [0.3, 0.4) is 0 Å². The molecule has 0 bridgehead atoms. The molecular formula is C10H14N2. The lowest BCUT2D eigenvalue weighted by Crippen LogP contribution is -2.24. The Hall–Kier alpha value is -1.23. The van der Waals surface area contributed by atoms with Crippen molar-refractivity contribution in [1.82, 2.24) is 5.32 Å². The molecule has 0 atom stereocenters. The molecule has 1 heterocycles. The second-order valence-corrected chi connectivity index (χ2v) is 3.83. The fraction of sp³-hybridized carbons (Fsp3) is 0.500. The molecule has 1 aliphatic rings. The van der Waals surface area contributed by atoms with E-state index in [1.165, 1.54) is 0 Å². The first-order chi connectivity index (χ1) is 5.47. The number of hydrogen-bond acceptors (Lipinski definition) is 1. The molecule has 1 rings (SSSR count). The van der Waals surface area contributed by atoms with Gasteiger partial charge in [-0.1, -0.05) is 5.73 Å². The Bertz CT molecular complexity index is 303. The van der Waals surface area contributed by atoms with E-state index < -0.39 is 0 Å². The monoisotopic (exact) mass is 162 g/mol. The highest BCUT2D eigenvalue weighted by atomic mass is 15.0. The Labute approximate surface area is 73.4 Å². The van der Waals surface area contributed by atoms with Crippen LogP contribution in [0.25, 0.3) is 0 Å². The summed E-state index contributed by atoms with van der Waals surface area (Å²) in [4.78, 5) is 4.45. The summed E-state index contributed by atoms with van der Waals surface area (Å²) in [6.45, 7) is 8.13. The number of aliphatic imine (C=N–C) groups is 1. The lowest BCUT2D eigenvalue weighted by Gasteiger charge is -2.15. The molecular weight excluding hydrogens is 148 g/mol. The minimum Gasteiger partial charge on any atom is -0.337 e. The third-order valence-corrected chi connectivity index (χ3v) is 1.24. The van der Waals surface area contributed by atoms with Gasteiger partial charge in [0, 0.05) is 6.08 Å². The van der Waals surface area contributed by atoms with Crippen LogP contribution in [-0.2, 0) is 0 Å². The summed E-state index contributed by atoms with van der Waals surface area (Å²) in [5.74, 6) is 0.860. The van der Waals surface area contributed by atoms with Crippen LogP contribution in [0.1, 0.15) is 27.7 Å². The second kappa shape index (κ2) is 3.02. The summed E-state index contributed by atoms with van der Waals surface area (Å²) in [6.07, 6.45) is 1.80. The molecule has 2 nitrogen and oxygen atoms in total. The minimum atomic E-state index is -0.0435. The summed E-state index contributed by atoms with van der Waals surface area (Å²) in [6, 6.07) is 0. The predicted molar refractivity (Wildman–Crippen MR) is 51.1 cm³/mol. The number of hydrogen-bond donors (Lipinski definition) is 1. The molecule has 1 N–H and O–H groups in total. The fourth-order valence-corrected chi connectivity index (χ4v) is 0.894. The molecule has 0 aliphatic carbocycles. The molecule has 64 valence electrons. The highest BCUT2D eigenvalue weighted by molar-refractivity contribution is 5.94. The topological polar surface area (TPSA) is 24.4 Å². The average molecular weight is 162 g/mol. The van der Waals surface area contributed by atoms with Gasteiger partial charge in [-0.05, 0) is 33.4 Å². The first-order valence-corrected chi connectivity index (χ1v) is 4.02. The number of allylic oxidation sites excluding steroid dienone is 1. The van der Waals surface area contributed by atoms with Crippen molar-refractivity contribution in [3.63, 3.8) is 0 Å². The van der Waals surface area contributed by atoms with Crippen LogP contribution < -0.4 is 5.32 Å². The van der Waals surface area contributed by atoms with E-state index in [4.69, 9.17) is 0 Å². The van der Waals surface area contributed by atoms with Crippen LogP contribution in [-0.4, -0.2) is 11.4 Å². The number of nitrogens with one attached hydrogen (secondary N) is 1. The van der Waals surface area contributed by atoms with Gasteiger partial charge < -0.3 is 5.32 Å². The smallest absolute Gasteiger partial charge is 0.134 e. The molecule has 0 saturated carbocycles. The highest BCUT2D eigenvalue weighted by Gasteiger charge is 2.08. The highest BCUT2D eigenvalue weighted by Crippen LogP contribution is 2.07. The lowest BCUT2D eigenvalue weighted by molar-refractivity contribution is 0.581. The van der Waals surface area contributed by atoms with E-state index in [1.54, 1.807) is 6.08 Å². The van der Waals surface area contributed by atoms with Crippen LogP contribution in [0.15, 0.2) is 28.2 Å². The summed E-state index contributed by atoms with van der Waals surface area (Å²) in [5.41, 5.74) is 6.73. The van der Waals surface area contributed by atoms with Crippen molar-refractivity contribution in [2.45, 2.75) is 33.2 Å². The average Bonchev–Trinajstić information content (AvgIpc) is 1.82. The predicted octanol–water partition coefficient (Wildman–Crippen LogP) is 2.00. The van der Waals surface area contributed by atoms with Crippen LogP contribution in [0.2, 0.25) is 0 Å². The van der Waals surface area contributed by atoms with Gasteiger partial charge in [0.05, 0.1) is 11.2 Å². The quantitative estimate of drug-likeness (QED) is 0.541. The van der Waals surface area contributed by atoms with Crippen molar-refractivity contribution in [2.75, 3.05) is 0 Å². The number of amidine groups is 1. The van der Waals surface area contributed by atoms with Crippen molar-refractivity contribution in [1.29, 1.82) is 0 Å². The molecule has 0 spiro atoms. The maximum absolute atomic E-state index is 4.45. The van der Waals surface area contributed by atoms with E-state index in [-0.39, 0.29) is 5.54 Å². The van der Waals surface area contributed by atoms with Gasteiger partial charge in [-0.2, -0.15) is 0 Å². The summed E-state index contributed by atoms with van der Waals surface area (Å²) >= 11 is 0. The lowest BCUT2D eigenvalue weighted by atomic mass is 10.1. The van der Waals surface area contributed by atoms with Gasteiger partial charge >= 0.3 is 0 Å². The summed E-state index contributed by atoms with van der Waals surface area (Å²) in [5, 5.41) is 3.11. The molecule has 0 fully saturated rings. The largest absolute Gasteiger partial charge is 0.337 e. The Morgan fingerprint density at radius 2 is 2.08 bits per heavy atom. The Morgan fingerprint density at radius 3 is 2.58 bits per heavy atom. The molecule has 0 aromatic heterocycles. The third-order valence-electron chi connectivity index (χ3n) is 1.24. The van der Waals surface area contributed by atoms with Gasteiger partial charge in [-0.15, -0.1) is 0 Å². The van der Waals surface area contributed by atoms with E-state index in [2.05, 4.69) is 42.5 Å². The standard InChI is InChI=1S/C10H14N2/c1-8-6-5-7-9(11-8)12-10(2,3)4/h7H,1-4H3,(H,11,12). The van der Waals surface area contributed by atoms with Crippen molar-refractivity contribution in [2.24, 2.45) is 4.99 Å². The molecule has 0 radical (unpaired) electrons. The normalized spacial score (nSPS) is 19.3. The SMILES string of the molecule is CC1=C=C=CC(=NC(C)(C)C)N1. The van der Waals surface area contributed by atoms with Gasteiger partial charge in [0.15, 0.2) is 0 Å². The van der Waals surface area contributed by atoms with Gasteiger partial charge in [-0.3, -0.25) is 4.99 Å². The Morgan fingerprint density at radius 1 is 1.42 bits per heavy atom. The van der Waals surface area contributed by atoms with Crippen molar-refractivity contribution < 1.29 is 0 Å². The molecule has 0 aromatic carbocycles. The maximum Gasteiger partial charge on any atom is 0.134 e. The summed E-state index contributed by atoms with van der Waals surface area (Å²) in [7, 11) is 0. The number of rotatable bonds is 0. The van der Waals surface area contributed by atoms with Gasteiger partial charge in [-0.25, -0.2) is 0 Å². The van der Waals surface area contributed by atoms with Crippen LogP contribution in [0.5, 0.6) is 0 Å². The van der Waals surface area contributed by atoms with Crippen molar-refractivity contribution in [3.05, 3.63) is 23.2 Å². The van der Waals surface area contributed by atoms with E-state index in [9.17, 15) is 0 Å². The van der Waals surface area contributed by atoms with E-state index >= 15 is 0 Å². The van der Waals surface area contributed by atoms with Crippen LogP contribution in [0, 0.1) is 0 Å². The Balaban J connectivity index is 2.86. The van der Waals surface area contributed by atoms with Crippen molar-refractivity contribution >= 4 is 5.84 Å². The van der Waals surface area contributed by atoms with E-state index in [0.29, 0.717) is 0 Å². The molecule has 0 unspecified atom stereocenters. The van der Waals surface area contributed by atoms with E-state index in [1.807, 2.05) is 6.92 Å². The van der Waals surface area contributed by atoms with Crippen LogP contribution >= 0.6 is 0 Å². The molecule has 0 saturated heterocycles. The first-order valence-electron chi connectivity index (χ1n) is 4.02. The third kappa shape index (κ3) is 2.79. The zero-order valence-electron chi connectivity index (χ0n) is 8.02. The van der Waals surface area contributed by atoms with Gasteiger partial charge in [0.2, 0.25) is 0 Å². The van der Waals surface area contributed by atoms with Gasteiger partial charge in [0.25, 0.3) is 0 Å². The van der Waals surface area contributed by atoms with Crippen LogP contribution in [0.4, 0.5) is 0 Å². The zero-order chi connectivity index (χ0) is 9.19.